The molecule has 0 bridgehead atoms. The number of hydrogen-bond acceptors (Lipinski definition) is 7. The highest BCUT2D eigenvalue weighted by Crippen LogP contribution is 2.39. The number of amides is 2. The second-order valence-electron chi connectivity index (χ2n) is 7.13. The first-order valence-corrected chi connectivity index (χ1v) is 10.4. The molecule has 0 radical (unpaired) electrons. The van der Waals surface area contributed by atoms with Gasteiger partial charge >= 0.3 is 6.09 Å². The van der Waals surface area contributed by atoms with E-state index in [2.05, 4.69) is 16.7 Å². The Kier molecular flexibility index (Phi) is 7.27. The number of aliphatic hydroxyl groups is 1. The van der Waals surface area contributed by atoms with E-state index in [1.165, 1.54) is 29.9 Å². The van der Waals surface area contributed by atoms with Gasteiger partial charge in [0.05, 0.1) is 37.3 Å². The Morgan fingerprint density at radius 1 is 1.53 bits per heavy atom. The molecule has 9 heteroatoms. The minimum Gasteiger partial charge on any atom is -0.472 e. The van der Waals surface area contributed by atoms with Crippen molar-refractivity contribution in [3.63, 3.8) is 0 Å². The Hall–Kier alpha value is -3.09. The highest BCUT2D eigenvalue weighted by Gasteiger charge is 2.27. The fourth-order valence-electron chi connectivity index (χ4n) is 3.18. The van der Waals surface area contributed by atoms with Crippen LogP contribution in [0.15, 0.2) is 29.1 Å². The number of fused-ring (bicyclic) bond motifs is 1. The van der Waals surface area contributed by atoms with E-state index < -0.39 is 6.09 Å². The molecule has 2 unspecified atom stereocenters. The van der Waals surface area contributed by atoms with Crippen LogP contribution in [-0.4, -0.2) is 36.4 Å². The topological polar surface area (TPSA) is 125 Å². The summed E-state index contributed by atoms with van der Waals surface area (Å²) in [5.74, 6) is -0.178. The van der Waals surface area contributed by atoms with E-state index in [-0.39, 0.29) is 31.1 Å². The summed E-state index contributed by atoms with van der Waals surface area (Å²) in [7, 11) is 0. The molecular weight excluding hydrogens is 406 g/mol. The minimum atomic E-state index is -0.552. The first kappa shape index (κ1) is 21.6. The molecule has 3 rings (SSSR count). The lowest BCUT2D eigenvalue weighted by Crippen LogP contribution is -2.36. The summed E-state index contributed by atoms with van der Waals surface area (Å²) in [5, 5.41) is 24.4. The van der Waals surface area contributed by atoms with Gasteiger partial charge in [-0.25, -0.2) is 4.79 Å². The molecule has 0 fully saturated rings. The number of nitrogens with one attached hydrogen (secondary N) is 2. The normalized spacial score (nSPS) is 16.5. The van der Waals surface area contributed by atoms with E-state index in [0.29, 0.717) is 23.4 Å². The van der Waals surface area contributed by atoms with Gasteiger partial charge in [-0.1, -0.05) is 0 Å². The Morgan fingerprint density at radius 3 is 3.07 bits per heavy atom. The van der Waals surface area contributed by atoms with Crippen molar-refractivity contribution in [1.82, 2.24) is 5.32 Å². The molecule has 0 saturated heterocycles. The number of aliphatic hydroxyl groups excluding tert-OH is 1. The van der Waals surface area contributed by atoms with Crippen molar-refractivity contribution in [3.05, 3.63) is 46.2 Å². The zero-order valence-corrected chi connectivity index (χ0v) is 17.3. The van der Waals surface area contributed by atoms with Crippen LogP contribution >= 0.6 is 11.3 Å². The van der Waals surface area contributed by atoms with E-state index in [9.17, 15) is 14.9 Å². The number of carbonyl (C=O) groups excluding carboxylic acids is 2. The Balaban J connectivity index is 1.60. The number of ether oxygens (including phenoxy) is 1. The summed E-state index contributed by atoms with van der Waals surface area (Å²) in [4.78, 5) is 25.0. The fraction of sp³-hybridized carbons (Fsp3) is 0.381. The third-order valence-corrected chi connectivity index (χ3v) is 5.94. The number of hydrogen-bond donors (Lipinski definition) is 3. The minimum absolute atomic E-state index is 0.141. The van der Waals surface area contributed by atoms with Gasteiger partial charge in [-0.3, -0.25) is 4.79 Å². The van der Waals surface area contributed by atoms with Gasteiger partial charge in [-0.2, -0.15) is 5.26 Å². The lowest BCUT2D eigenvalue weighted by molar-refractivity contribution is -0.111. The first-order valence-electron chi connectivity index (χ1n) is 9.60. The quantitative estimate of drug-likeness (QED) is 0.581. The second kappa shape index (κ2) is 10.1. The molecule has 0 spiro atoms. The molecule has 158 valence electrons. The SMILES string of the molecule is CC(CO)NC(=O)OCC1CCc2c(sc(NC(=O)C=Cc3ccoc3)c2C#N)C1. The molecule has 30 heavy (non-hydrogen) atoms. The van der Waals surface area contributed by atoms with Crippen molar-refractivity contribution in [1.29, 1.82) is 5.26 Å². The molecule has 1 aliphatic rings. The third kappa shape index (κ3) is 5.49. The summed E-state index contributed by atoms with van der Waals surface area (Å²) >= 11 is 1.39. The molecule has 0 aromatic carbocycles. The van der Waals surface area contributed by atoms with Crippen molar-refractivity contribution in [2.24, 2.45) is 5.92 Å². The first-order chi connectivity index (χ1) is 14.5. The lowest BCUT2D eigenvalue weighted by atomic mass is 9.88. The van der Waals surface area contributed by atoms with E-state index in [1.807, 2.05) is 0 Å². The number of nitrogens with zero attached hydrogens (tertiary/aromatic N) is 1. The zero-order chi connectivity index (χ0) is 21.5. The van der Waals surface area contributed by atoms with Crippen LogP contribution in [0.2, 0.25) is 0 Å². The number of rotatable bonds is 7. The monoisotopic (exact) mass is 429 g/mol. The lowest BCUT2D eigenvalue weighted by Gasteiger charge is -2.22. The van der Waals surface area contributed by atoms with Crippen molar-refractivity contribution in [3.8, 4) is 6.07 Å². The van der Waals surface area contributed by atoms with Crippen molar-refractivity contribution < 1.29 is 23.8 Å². The smallest absolute Gasteiger partial charge is 0.407 e. The average molecular weight is 429 g/mol. The van der Waals surface area contributed by atoms with E-state index in [0.717, 1.165) is 22.4 Å². The summed E-state index contributed by atoms with van der Waals surface area (Å²) in [6, 6.07) is 3.59. The van der Waals surface area contributed by atoms with Gasteiger partial charge in [0.15, 0.2) is 0 Å². The van der Waals surface area contributed by atoms with Gasteiger partial charge < -0.3 is 24.9 Å². The Bertz CT molecular complexity index is 958. The molecule has 3 N–H and O–H groups in total. The van der Waals surface area contributed by atoms with E-state index in [4.69, 9.17) is 14.3 Å². The zero-order valence-electron chi connectivity index (χ0n) is 16.5. The molecule has 2 aromatic rings. The van der Waals surface area contributed by atoms with Crippen molar-refractivity contribution in [2.45, 2.75) is 32.2 Å². The van der Waals surface area contributed by atoms with Crippen LogP contribution in [0.4, 0.5) is 9.80 Å². The number of alkyl carbamates (subject to hydrolysis) is 1. The van der Waals surface area contributed by atoms with E-state index >= 15 is 0 Å². The summed E-state index contributed by atoms with van der Waals surface area (Å²) < 4.78 is 10.2. The third-order valence-electron chi connectivity index (χ3n) is 4.77. The Morgan fingerprint density at radius 2 is 2.37 bits per heavy atom. The number of nitriles is 1. The number of furan rings is 1. The standard InChI is InChI=1S/C21H23N3O5S/c1-13(10-25)23-21(27)29-12-15-2-4-16-17(9-22)20(30-18(16)8-15)24-19(26)5-3-14-6-7-28-11-14/h3,5-7,11,13,15,25H,2,4,8,10,12H2,1H3,(H,23,27)(H,24,26). The van der Waals surface area contributed by atoms with Crippen LogP contribution < -0.4 is 10.6 Å². The molecule has 1 aliphatic carbocycles. The molecule has 0 aliphatic heterocycles. The molecule has 2 amide bonds. The fourth-order valence-corrected chi connectivity index (χ4v) is 4.50. The molecule has 0 saturated carbocycles. The Labute approximate surface area is 178 Å². The van der Waals surface area contributed by atoms with Crippen LogP contribution in [-0.2, 0) is 22.4 Å². The van der Waals surface area contributed by atoms with Gasteiger partial charge in [-0.15, -0.1) is 11.3 Å². The molecule has 2 atom stereocenters. The van der Waals surface area contributed by atoms with Gasteiger partial charge in [0.1, 0.15) is 11.1 Å². The summed E-state index contributed by atoms with van der Waals surface area (Å²) in [6.45, 7) is 1.79. The van der Waals surface area contributed by atoms with Crippen molar-refractivity contribution >= 4 is 34.4 Å². The maximum absolute atomic E-state index is 12.2. The number of thiophene rings is 1. The van der Waals surface area contributed by atoms with Crippen molar-refractivity contribution in [2.75, 3.05) is 18.5 Å². The van der Waals surface area contributed by atoms with Crippen LogP contribution in [0.25, 0.3) is 6.08 Å². The number of anilines is 1. The highest BCUT2D eigenvalue weighted by atomic mass is 32.1. The molecule has 2 heterocycles. The average Bonchev–Trinajstić information content (AvgIpc) is 3.37. The maximum atomic E-state index is 12.2. The van der Waals surface area contributed by atoms with Gasteiger partial charge in [0, 0.05) is 16.5 Å². The largest absolute Gasteiger partial charge is 0.472 e. The molecule has 8 nitrogen and oxygen atoms in total. The van der Waals surface area contributed by atoms with E-state index in [1.54, 1.807) is 19.1 Å². The second-order valence-corrected chi connectivity index (χ2v) is 8.24. The predicted octanol–water partition coefficient (Wildman–Crippen LogP) is 3.08. The summed E-state index contributed by atoms with van der Waals surface area (Å²) in [6.07, 6.45) is 7.69. The van der Waals surface area contributed by atoms with Crippen LogP contribution in [0.1, 0.15) is 34.9 Å². The number of carbonyl (C=O) groups is 2. The van der Waals surface area contributed by atoms with Crippen LogP contribution in [0.3, 0.4) is 0 Å². The summed E-state index contributed by atoms with van der Waals surface area (Å²) in [5.41, 5.74) is 2.25. The molecular formula is C21H23N3O5S. The molecule has 2 aromatic heterocycles. The van der Waals surface area contributed by atoms with Gasteiger partial charge in [0.2, 0.25) is 5.91 Å². The van der Waals surface area contributed by atoms with Crippen LogP contribution in [0, 0.1) is 17.2 Å². The predicted molar refractivity (Wildman–Crippen MR) is 112 cm³/mol. The highest BCUT2D eigenvalue weighted by molar-refractivity contribution is 7.16. The van der Waals surface area contributed by atoms with Gasteiger partial charge in [0.25, 0.3) is 0 Å². The van der Waals surface area contributed by atoms with Crippen LogP contribution in [0.5, 0.6) is 0 Å². The van der Waals surface area contributed by atoms with Gasteiger partial charge in [-0.05, 0) is 49.8 Å². The maximum Gasteiger partial charge on any atom is 0.407 e.